The molecular weight excluding hydrogens is 375 g/mol. The normalized spacial score (nSPS) is 11.2. The number of hydrogen-bond acceptors (Lipinski definition) is 4. The van der Waals surface area contributed by atoms with E-state index in [0.29, 0.717) is 5.03 Å². The van der Waals surface area contributed by atoms with Crippen molar-refractivity contribution in [2.75, 3.05) is 11.1 Å². The summed E-state index contributed by atoms with van der Waals surface area (Å²) in [4.78, 5) is 24.0. The van der Waals surface area contributed by atoms with Crippen LogP contribution in [0.2, 0.25) is 5.02 Å². The molecule has 0 saturated carbocycles. The van der Waals surface area contributed by atoms with Crippen LogP contribution < -0.4 is 5.32 Å². The number of fused-ring (bicyclic) bond motifs is 3. The summed E-state index contributed by atoms with van der Waals surface area (Å²) in [6.07, 6.45) is 1.47. The topological polar surface area (TPSA) is 70.7 Å². The maximum absolute atomic E-state index is 13.8. The molecule has 26 heavy (non-hydrogen) atoms. The molecule has 2 aromatic carbocycles. The summed E-state index contributed by atoms with van der Waals surface area (Å²) in [7, 11) is 0. The molecule has 8 heteroatoms. The predicted octanol–water partition coefficient (Wildman–Crippen LogP) is 4.63. The van der Waals surface area contributed by atoms with Gasteiger partial charge in [0, 0.05) is 15.9 Å². The fourth-order valence-electron chi connectivity index (χ4n) is 2.64. The fourth-order valence-corrected chi connectivity index (χ4v) is 3.55. The number of carbonyl (C=O) groups excluding carboxylic acids is 1. The first kappa shape index (κ1) is 16.8. The third-order valence-corrected chi connectivity index (χ3v) is 5.02. The van der Waals surface area contributed by atoms with E-state index < -0.39 is 5.82 Å². The van der Waals surface area contributed by atoms with Crippen molar-refractivity contribution in [3.63, 3.8) is 0 Å². The summed E-state index contributed by atoms with van der Waals surface area (Å²) in [6, 6.07) is 11.9. The molecule has 1 amide bonds. The Balaban J connectivity index is 1.53. The molecule has 0 saturated heterocycles. The lowest BCUT2D eigenvalue weighted by Crippen LogP contribution is -2.15. The number of hydrogen-bond donors (Lipinski definition) is 2. The second-order valence-corrected chi connectivity index (χ2v) is 6.93. The second-order valence-electron chi connectivity index (χ2n) is 5.53. The van der Waals surface area contributed by atoms with Crippen molar-refractivity contribution in [3.8, 4) is 0 Å². The summed E-state index contributed by atoms with van der Waals surface area (Å²) in [5.41, 5.74) is 2.64. The van der Waals surface area contributed by atoms with Crippen LogP contribution in [-0.2, 0) is 4.79 Å². The van der Waals surface area contributed by atoms with Crippen LogP contribution in [0.1, 0.15) is 0 Å². The molecule has 0 aliphatic heterocycles. The van der Waals surface area contributed by atoms with E-state index in [9.17, 15) is 9.18 Å². The van der Waals surface area contributed by atoms with Crippen molar-refractivity contribution in [3.05, 3.63) is 59.6 Å². The van der Waals surface area contributed by atoms with Crippen LogP contribution in [0, 0.1) is 5.82 Å². The Bertz CT molecular complexity index is 1130. The Morgan fingerprint density at radius 1 is 1.23 bits per heavy atom. The molecule has 0 aliphatic carbocycles. The zero-order valence-electron chi connectivity index (χ0n) is 13.3. The minimum atomic E-state index is -0.573. The molecule has 2 aromatic heterocycles. The maximum Gasteiger partial charge on any atom is 0.234 e. The Kier molecular flexibility index (Phi) is 4.48. The first-order valence-electron chi connectivity index (χ1n) is 7.71. The summed E-state index contributed by atoms with van der Waals surface area (Å²) in [6.45, 7) is 0. The summed E-state index contributed by atoms with van der Waals surface area (Å²) in [5, 5.41) is 4.47. The van der Waals surface area contributed by atoms with Crippen LogP contribution in [0.3, 0.4) is 0 Å². The van der Waals surface area contributed by atoms with Crippen molar-refractivity contribution >= 4 is 56.9 Å². The number of nitrogens with one attached hydrogen (secondary N) is 2. The summed E-state index contributed by atoms with van der Waals surface area (Å²) >= 11 is 6.97. The third kappa shape index (κ3) is 3.23. The predicted molar refractivity (Wildman–Crippen MR) is 102 cm³/mol. The van der Waals surface area contributed by atoms with E-state index in [1.165, 1.54) is 30.2 Å². The van der Waals surface area contributed by atoms with Crippen LogP contribution in [0.5, 0.6) is 0 Å². The quantitative estimate of drug-likeness (QED) is 0.396. The van der Waals surface area contributed by atoms with Gasteiger partial charge in [-0.2, -0.15) is 0 Å². The van der Waals surface area contributed by atoms with Crippen molar-refractivity contribution in [1.29, 1.82) is 0 Å². The van der Waals surface area contributed by atoms with Crippen LogP contribution >= 0.6 is 23.4 Å². The third-order valence-electron chi connectivity index (χ3n) is 3.80. The number of aromatic amines is 1. The highest BCUT2D eigenvalue weighted by molar-refractivity contribution is 8.00. The number of halogens is 2. The molecular formula is C18H12ClFN4OS. The Hall–Kier alpha value is -2.64. The number of rotatable bonds is 4. The molecule has 0 fully saturated rings. The Labute approximate surface area is 157 Å². The zero-order chi connectivity index (χ0) is 18.1. The van der Waals surface area contributed by atoms with Crippen molar-refractivity contribution in [1.82, 2.24) is 15.0 Å². The average Bonchev–Trinajstić information content (AvgIpc) is 3.02. The van der Waals surface area contributed by atoms with Crippen molar-refractivity contribution in [2.45, 2.75) is 5.03 Å². The number of H-pyrrole nitrogens is 1. The van der Waals surface area contributed by atoms with Gasteiger partial charge in [-0.3, -0.25) is 4.79 Å². The molecule has 4 aromatic rings. The highest BCUT2D eigenvalue weighted by Gasteiger charge is 2.13. The van der Waals surface area contributed by atoms with Gasteiger partial charge in [0.1, 0.15) is 22.7 Å². The first-order valence-corrected chi connectivity index (χ1v) is 9.07. The first-order chi connectivity index (χ1) is 12.6. The van der Waals surface area contributed by atoms with E-state index in [2.05, 4.69) is 20.3 Å². The van der Waals surface area contributed by atoms with Gasteiger partial charge in [-0.1, -0.05) is 41.6 Å². The molecule has 2 N–H and O–H groups in total. The molecule has 0 aliphatic rings. The van der Waals surface area contributed by atoms with Crippen LogP contribution in [0.4, 0.5) is 10.1 Å². The summed E-state index contributed by atoms with van der Waals surface area (Å²) in [5.74, 6) is -0.821. The lowest BCUT2D eigenvalue weighted by molar-refractivity contribution is -0.113. The standard InChI is InChI=1S/C18H12ClFN4OS/c19-10-5-6-14(12(20)7-10)23-15(25)8-26-18-17-16(21-9-22-18)11-3-1-2-4-13(11)24-17/h1-7,9,24H,8H2,(H,23,25). The van der Waals surface area contributed by atoms with Gasteiger partial charge in [0.25, 0.3) is 0 Å². The van der Waals surface area contributed by atoms with Gasteiger partial charge in [0.2, 0.25) is 5.91 Å². The smallest absolute Gasteiger partial charge is 0.234 e. The second kappa shape index (κ2) is 6.93. The molecule has 130 valence electrons. The molecule has 0 atom stereocenters. The molecule has 5 nitrogen and oxygen atoms in total. The zero-order valence-corrected chi connectivity index (χ0v) is 14.9. The van der Waals surface area contributed by atoms with Gasteiger partial charge in [-0.25, -0.2) is 14.4 Å². The SMILES string of the molecule is O=C(CSc1ncnc2c1[nH]c1ccccc12)Nc1ccc(Cl)cc1F. The fraction of sp³-hybridized carbons (Fsp3) is 0.0556. The number of carbonyl (C=O) groups is 1. The largest absolute Gasteiger partial charge is 0.351 e. The highest BCUT2D eigenvalue weighted by atomic mass is 35.5. The van der Waals surface area contributed by atoms with E-state index >= 15 is 0 Å². The monoisotopic (exact) mass is 386 g/mol. The Morgan fingerprint density at radius 3 is 2.92 bits per heavy atom. The molecule has 4 rings (SSSR count). The van der Waals surface area contributed by atoms with Gasteiger partial charge in [-0.05, 0) is 24.3 Å². The number of anilines is 1. The molecule has 2 heterocycles. The van der Waals surface area contributed by atoms with E-state index in [1.54, 1.807) is 0 Å². The number of thioether (sulfide) groups is 1. The van der Waals surface area contributed by atoms with E-state index in [0.717, 1.165) is 28.0 Å². The number of aromatic nitrogens is 3. The Morgan fingerprint density at radius 2 is 2.08 bits per heavy atom. The van der Waals surface area contributed by atoms with Crippen molar-refractivity contribution < 1.29 is 9.18 Å². The van der Waals surface area contributed by atoms with Crippen LogP contribution in [0.15, 0.2) is 53.8 Å². The molecule has 0 unspecified atom stereocenters. The number of benzene rings is 2. The van der Waals surface area contributed by atoms with Crippen LogP contribution in [-0.4, -0.2) is 26.6 Å². The minimum absolute atomic E-state index is 0.0869. The average molecular weight is 387 g/mol. The van der Waals surface area contributed by atoms with E-state index in [4.69, 9.17) is 11.6 Å². The van der Waals surface area contributed by atoms with Gasteiger partial charge in [0.05, 0.1) is 17.0 Å². The van der Waals surface area contributed by atoms with Gasteiger partial charge < -0.3 is 10.3 Å². The highest BCUT2D eigenvalue weighted by Crippen LogP contribution is 2.29. The van der Waals surface area contributed by atoms with Gasteiger partial charge in [0.15, 0.2) is 0 Å². The lowest BCUT2D eigenvalue weighted by Gasteiger charge is -2.06. The lowest BCUT2D eigenvalue weighted by atomic mass is 10.2. The maximum atomic E-state index is 13.8. The van der Waals surface area contributed by atoms with E-state index in [-0.39, 0.29) is 22.4 Å². The minimum Gasteiger partial charge on any atom is -0.351 e. The number of amides is 1. The van der Waals surface area contributed by atoms with Crippen molar-refractivity contribution in [2.24, 2.45) is 0 Å². The summed E-state index contributed by atoms with van der Waals surface area (Å²) < 4.78 is 13.8. The number of para-hydroxylation sites is 1. The van der Waals surface area contributed by atoms with Crippen LogP contribution in [0.25, 0.3) is 21.9 Å². The van der Waals surface area contributed by atoms with E-state index in [1.807, 2.05) is 24.3 Å². The number of nitrogens with zero attached hydrogens (tertiary/aromatic N) is 2. The van der Waals surface area contributed by atoms with Gasteiger partial charge >= 0.3 is 0 Å². The molecule has 0 radical (unpaired) electrons. The molecule has 0 spiro atoms. The van der Waals surface area contributed by atoms with Gasteiger partial charge in [-0.15, -0.1) is 0 Å². The molecule has 0 bridgehead atoms.